The molecule has 0 aromatic carbocycles. The number of rotatable bonds is 5. The van der Waals surface area contributed by atoms with Gasteiger partial charge in [0.2, 0.25) is 5.91 Å². The number of aryl methyl sites for hydroxylation is 1. The summed E-state index contributed by atoms with van der Waals surface area (Å²) in [6, 6.07) is 0.500. The molecule has 2 aromatic rings. The van der Waals surface area contributed by atoms with Gasteiger partial charge < -0.3 is 15.0 Å². The van der Waals surface area contributed by atoms with Gasteiger partial charge in [0, 0.05) is 50.3 Å². The third kappa shape index (κ3) is 4.77. The maximum absolute atomic E-state index is 14.9. The number of piperidine rings is 1. The Morgan fingerprint density at radius 2 is 2.00 bits per heavy atom. The lowest BCUT2D eigenvalue weighted by Gasteiger charge is -2.34. The third-order valence-corrected chi connectivity index (χ3v) is 7.27. The van der Waals surface area contributed by atoms with Crippen LogP contribution >= 0.6 is 0 Å². The lowest BCUT2D eigenvalue weighted by Crippen LogP contribution is -2.43. The molecule has 9 nitrogen and oxygen atoms in total. The van der Waals surface area contributed by atoms with Gasteiger partial charge in [0.25, 0.3) is 5.88 Å². The van der Waals surface area contributed by atoms with Crippen molar-refractivity contribution in [2.24, 2.45) is 13.0 Å². The van der Waals surface area contributed by atoms with Crippen LogP contribution in [-0.4, -0.2) is 70.1 Å². The van der Waals surface area contributed by atoms with Gasteiger partial charge in [-0.05, 0) is 38.3 Å². The van der Waals surface area contributed by atoms with Crippen molar-refractivity contribution in [3.8, 4) is 5.88 Å². The number of anilines is 1. The highest BCUT2D eigenvalue weighted by Crippen LogP contribution is 2.41. The van der Waals surface area contributed by atoms with Gasteiger partial charge in [-0.25, -0.2) is 19.2 Å². The van der Waals surface area contributed by atoms with Gasteiger partial charge in [-0.15, -0.1) is 0 Å². The fourth-order valence-corrected chi connectivity index (χ4v) is 5.32. The van der Waals surface area contributed by atoms with Crippen molar-refractivity contribution in [2.75, 3.05) is 25.5 Å². The summed E-state index contributed by atoms with van der Waals surface area (Å²) in [6.45, 7) is 1.80. The first-order valence-electron chi connectivity index (χ1n) is 11.8. The van der Waals surface area contributed by atoms with Gasteiger partial charge in [-0.1, -0.05) is 0 Å². The number of halogens is 2. The Morgan fingerprint density at radius 1 is 1.21 bits per heavy atom. The highest BCUT2D eigenvalue weighted by molar-refractivity contribution is 5.95. The number of alkyl halides is 1. The first kappa shape index (κ1) is 23.1. The van der Waals surface area contributed by atoms with E-state index in [4.69, 9.17) is 4.74 Å². The zero-order valence-electron chi connectivity index (χ0n) is 19.4. The molecule has 3 N–H and O–H groups in total. The first-order valence-corrected chi connectivity index (χ1v) is 11.8. The zero-order valence-corrected chi connectivity index (χ0v) is 19.4. The highest BCUT2D eigenvalue weighted by Gasteiger charge is 2.47. The number of hydrogen-bond donors (Lipinski definition) is 3. The van der Waals surface area contributed by atoms with Gasteiger partial charge in [-0.3, -0.25) is 14.9 Å². The smallest absolute Gasteiger partial charge is 0.250 e. The number of hydrazine groups is 1. The van der Waals surface area contributed by atoms with Crippen LogP contribution in [0.2, 0.25) is 0 Å². The van der Waals surface area contributed by atoms with Gasteiger partial charge >= 0.3 is 0 Å². The van der Waals surface area contributed by atoms with Crippen LogP contribution in [0.3, 0.4) is 0 Å². The maximum Gasteiger partial charge on any atom is 0.250 e. The van der Waals surface area contributed by atoms with Crippen LogP contribution in [-0.2, 0) is 11.8 Å². The SMILES string of the molecule is CN1CCC(Oc2ncc(NC(=O)C3NNC4CC(F)C(c5cnn(C)c5)CC43)cc2F)CC1. The molecule has 11 heteroatoms. The molecule has 1 saturated carbocycles. The number of carbonyl (C=O) groups excluding carboxylic acids is 1. The van der Waals surface area contributed by atoms with E-state index in [1.807, 2.05) is 13.2 Å². The molecular weight excluding hydrogens is 444 g/mol. The Balaban J connectivity index is 1.22. The summed E-state index contributed by atoms with van der Waals surface area (Å²) in [5.74, 6) is -1.40. The minimum Gasteiger partial charge on any atom is -0.472 e. The summed E-state index contributed by atoms with van der Waals surface area (Å²) < 4.78 is 36.9. The minimum absolute atomic E-state index is 0.0474. The summed E-state index contributed by atoms with van der Waals surface area (Å²) in [4.78, 5) is 19.3. The van der Waals surface area contributed by atoms with Gasteiger partial charge in [-0.2, -0.15) is 5.10 Å². The van der Waals surface area contributed by atoms with E-state index in [0.29, 0.717) is 12.8 Å². The normalized spacial score (nSPS) is 30.2. The molecule has 5 unspecified atom stereocenters. The van der Waals surface area contributed by atoms with E-state index in [1.54, 1.807) is 17.9 Å². The molecule has 184 valence electrons. The minimum atomic E-state index is -1.02. The van der Waals surface area contributed by atoms with Crippen molar-refractivity contribution in [2.45, 2.75) is 56.0 Å². The highest BCUT2D eigenvalue weighted by atomic mass is 19.1. The van der Waals surface area contributed by atoms with Crippen molar-refractivity contribution in [3.63, 3.8) is 0 Å². The van der Waals surface area contributed by atoms with Crippen LogP contribution in [0, 0.1) is 11.7 Å². The van der Waals surface area contributed by atoms with E-state index in [-0.39, 0.29) is 41.5 Å². The van der Waals surface area contributed by atoms with Crippen molar-refractivity contribution in [1.29, 1.82) is 0 Å². The summed E-state index contributed by atoms with van der Waals surface area (Å²) in [7, 11) is 3.85. The molecule has 34 heavy (non-hydrogen) atoms. The van der Waals surface area contributed by atoms with Crippen LogP contribution in [0.25, 0.3) is 0 Å². The fourth-order valence-electron chi connectivity index (χ4n) is 5.32. The first-order chi connectivity index (χ1) is 16.4. The molecule has 2 saturated heterocycles. The average molecular weight is 476 g/mol. The number of nitrogens with zero attached hydrogens (tertiary/aromatic N) is 4. The average Bonchev–Trinajstić information content (AvgIpc) is 3.42. The zero-order chi connectivity index (χ0) is 23.8. The lowest BCUT2D eigenvalue weighted by molar-refractivity contribution is -0.119. The van der Waals surface area contributed by atoms with Crippen molar-refractivity contribution in [1.82, 2.24) is 30.5 Å². The number of carbonyl (C=O) groups is 1. The van der Waals surface area contributed by atoms with E-state index < -0.39 is 18.0 Å². The fraction of sp³-hybridized carbons (Fsp3) is 0.609. The van der Waals surface area contributed by atoms with Crippen molar-refractivity contribution in [3.05, 3.63) is 36.0 Å². The predicted molar refractivity (Wildman–Crippen MR) is 121 cm³/mol. The molecule has 2 aliphatic heterocycles. The molecule has 5 atom stereocenters. The Morgan fingerprint density at radius 3 is 2.71 bits per heavy atom. The number of aromatic nitrogens is 3. The van der Waals surface area contributed by atoms with E-state index >= 15 is 0 Å². The summed E-state index contributed by atoms with van der Waals surface area (Å²) in [6.07, 6.45) is 6.28. The largest absolute Gasteiger partial charge is 0.472 e. The van der Waals surface area contributed by atoms with E-state index in [2.05, 4.69) is 31.2 Å². The molecule has 0 spiro atoms. The second-order valence-electron chi connectivity index (χ2n) is 9.70. The summed E-state index contributed by atoms with van der Waals surface area (Å²) >= 11 is 0. The van der Waals surface area contributed by atoms with E-state index in [0.717, 1.165) is 31.5 Å². The number of pyridine rings is 1. The van der Waals surface area contributed by atoms with E-state index in [1.165, 1.54) is 12.3 Å². The summed E-state index contributed by atoms with van der Waals surface area (Å²) in [5, 5.41) is 6.91. The quantitative estimate of drug-likeness (QED) is 0.606. The molecule has 5 rings (SSSR count). The Hall–Kier alpha value is -2.63. The maximum atomic E-state index is 14.9. The third-order valence-electron chi connectivity index (χ3n) is 7.27. The molecular formula is C23H31F2N7O2. The lowest BCUT2D eigenvalue weighted by atomic mass is 9.73. The van der Waals surface area contributed by atoms with Crippen LogP contribution in [0.5, 0.6) is 5.88 Å². The number of nitrogens with one attached hydrogen (secondary N) is 3. The Bertz CT molecular complexity index is 1030. The van der Waals surface area contributed by atoms with E-state index in [9.17, 15) is 13.6 Å². The molecule has 0 radical (unpaired) electrons. The molecule has 2 aromatic heterocycles. The van der Waals surface area contributed by atoms with Crippen LogP contribution in [0.15, 0.2) is 24.7 Å². The summed E-state index contributed by atoms with van der Waals surface area (Å²) in [5.41, 5.74) is 7.17. The number of amides is 1. The second-order valence-corrected chi connectivity index (χ2v) is 9.70. The molecule has 0 bridgehead atoms. The standard InChI is InChI=1S/C23H31F2N7O2/c1-31-5-3-15(4-6-31)34-23-19(25)7-14(11-26-23)28-22(33)21-17-8-16(13-10-27-32(2)12-13)18(24)9-20(17)29-30-21/h7,10-12,15-18,20-21,29-30H,3-6,8-9H2,1-2H3,(H,28,33). The molecule has 3 fully saturated rings. The topological polar surface area (TPSA) is 96.3 Å². The predicted octanol–water partition coefficient (Wildman–Crippen LogP) is 1.74. The number of ether oxygens (including phenoxy) is 1. The Labute approximate surface area is 197 Å². The van der Waals surface area contributed by atoms with Crippen molar-refractivity contribution < 1.29 is 18.3 Å². The van der Waals surface area contributed by atoms with Crippen molar-refractivity contribution >= 4 is 11.6 Å². The second kappa shape index (κ2) is 9.55. The number of fused-ring (bicyclic) bond motifs is 1. The van der Waals surface area contributed by atoms with Gasteiger partial charge in [0.15, 0.2) is 5.82 Å². The van der Waals surface area contributed by atoms with Gasteiger partial charge in [0.1, 0.15) is 18.3 Å². The molecule has 4 heterocycles. The van der Waals surface area contributed by atoms with Crippen LogP contribution in [0.4, 0.5) is 14.5 Å². The van der Waals surface area contributed by atoms with Crippen LogP contribution < -0.4 is 20.9 Å². The molecule has 1 amide bonds. The van der Waals surface area contributed by atoms with Crippen LogP contribution in [0.1, 0.15) is 37.2 Å². The molecule has 1 aliphatic carbocycles. The molecule has 3 aliphatic rings. The number of hydrogen-bond acceptors (Lipinski definition) is 7. The monoisotopic (exact) mass is 475 g/mol. The number of likely N-dealkylation sites (tertiary alicyclic amines) is 1. The van der Waals surface area contributed by atoms with Gasteiger partial charge in [0.05, 0.1) is 18.1 Å². The Kier molecular flexibility index (Phi) is 6.50.